The smallest absolute Gasteiger partial charge is 0.306 e. The fourth-order valence-electron chi connectivity index (χ4n) is 1.34. The van der Waals surface area contributed by atoms with E-state index >= 15 is 0 Å². The topological polar surface area (TPSA) is 93.1 Å². The van der Waals surface area contributed by atoms with Crippen molar-refractivity contribution in [3.8, 4) is 0 Å². The van der Waals surface area contributed by atoms with Gasteiger partial charge in [-0.2, -0.15) is 25.3 Å². The highest BCUT2D eigenvalue weighted by Crippen LogP contribution is 2.18. The molecular formula is C13H24O6S2. The lowest BCUT2D eigenvalue weighted by Gasteiger charge is -2.28. The first-order chi connectivity index (χ1) is 9.74. The third kappa shape index (κ3) is 9.23. The Morgan fingerprint density at radius 3 is 1.52 bits per heavy atom. The van der Waals surface area contributed by atoms with Gasteiger partial charge in [0.15, 0.2) is 0 Å². The maximum atomic E-state index is 11.5. The summed E-state index contributed by atoms with van der Waals surface area (Å²) in [4.78, 5) is 22.9. The van der Waals surface area contributed by atoms with Crippen molar-refractivity contribution in [2.24, 2.45) is 5.41 Å². The molecule has 0 saturated carbocycles. The molecule has 2 N–H and O–H groups in total. The van der Waals surface area contributed by atoms with Crippen molar-refractivity contribution in [1.82, 2.24) is 0 Å². The normalized spacial score (nSPS) is 14.4. The highest BCUT2D eigenvalue weighted by Gasteiger charge is 2.33. The number of thiol groups is 2. The van der Waals surface area contributed by atoms with Gasteiger partial charge in [0, 0.05) is 10.5 Å². The Labute approximate surface area is 136 Å². The molecule has 0 aromatic heterocycles. The molecule has 6 nitrogen and oxygen atoms in total. The van der Waals surface area contributed by atoms with Crippen molar-refractivity contribution in [1.29, 1.82) is 0 Å². The zero-order valence-corrected chi connectivity index (χ0v) is 14.1. The van der Waals surface area contributed by atoms with E-state index in [2.05, 4.69) is 25.3 Å². The third-order valence-electron chi connectivity index (χ3n) is 2.67. The molecule has 0 aromatic rings. The van der Waals surface area contributed by atoms with Crippen LogP contribution in [0, 0.1) is 5.41 Å². The number of rotatable bonds is 10. The van der Waals surface area contributed by atoms with Crippen molar-refractivity contribution < 1.29 is 29.3 Å². The number of hydrogen-bond donors (Lipinski definition) is 4. The van der Waals surface area contributed by atoms with Crippen LogP contribution in [0.1, 0.15) is 26.7 Å². The van der Waals surface area contributed by atoms with Gasteiger partial charge in [-0.1, -0.05) is 13.8 Å². The second-order valence-electron chi connectivity index (χ2n) is 5.24. The molecule has 21 heavy (non-hydrogen) atoms. The van der Waals surface area contributed by atoms with Crippen LogP contribution in [0.2, 0.25) is 0 Å². The third-order valence-corrected chi connectivity index (χ3v) is 3.04. The molecular weight excluding hydrogens is 316 g/mol. The molecule has 0 aliphatic heterocycles. The van der Waals surface area contributed by atoms with Gasteiger partial charge < -0.3 is 19.7 Å². The second-order valence-corrected chi connectivity index (χ2v) is 7.01. The number of carbonyl (C=O) groups excluding carboxylic acids is 2. The van der Waals surface area contributed by atoms with Gasteiger partial charge >= 0.3 is 11.9 Å². The standard InChI is InChI=1S/C13H24O6S2/c1-9(20)3-11(16)18-7-13(5-14,6-15)8-19-12(17)4-10(2)21/h9-10,14-15,20-21H,3-8H2,1-2H3. The zero-order chi connectivity index (χ0) is 16.5. The molecule has 0 fully saturated rings. The number of ether oxygens (including phenoxy) is 2. The molecule has 0 spiro atoms. The minimum atomic E-state index is -1.20. The van der Waals surface area contributed by atoms with Crippen molar-refractivity contribution in [2.75, 3.05) is 26.4 Å². The molecule has 0 radical (unpaired) electrons. The summed E-state index contributed by atoms with van der Waals surface area (Å²) in [7, 11) is 0. The fraction of sp³-hybridized carbons (Fsp3) is 0.846. The Morgan fingerprint density at radius 1 is 0.952 bits per heavy atom. The van der Waals surface area contributed by atoms with E-state index in [0.29, 0.717) is 0 Å². The fourth-order valence-corrected chi connectivity index (χ4v) is 1.64. The van der Waals surface area contributed by atoms with Gasteiger partial charge in [-0.3, -0.25) is 9.59 Å². The lowest BCUT2D eigenvalue weighted by atomic mass is 9.92. The minimum Gasteiger partial charge on any atom is -0.465 e. The summed E-state index contributed by atoms with van der Waals surface area (Å²) in [5.41, 5.74) is -1.20. The molecule has 0 amide bonds. The van der Waals surface area contributed by atoms with Crippen LogP contribution < -0.4 is 0 Å². The zero-order valence-electron chi connectivity index (χ0n) is 12.3. The Bertz CT molecular complexity index is 301. The maximum Gasteiger partial charge on any atom is 0.306 e. The number of aliphatic hydroxyl groups is 2. The van der Waals surface area contributed by atoms with E-state index in [-0.39, 0.29) is 36.6 Å². The predicted molar refractivity (Wildman–Crippen MR) is 84.7 cm³/mol. The minimum absolute atomic E-state index is 0.118. The first kappa shape index (κ1) is 20.6. The van der Waals surface area contributed by atoms with Crippen LogP contribution in [0.15, 0.2) is 0 Å². The Kier molecular flexibility index (Phi) is 10.1. The van der Waals surface area contributed by atoms with Gasteiger partial charge in [-0.05, 0) is 0 Å². The van der Waals surface area contributed by atoms with Crippen LogP contribution in [-0.2, 0) is 19.1 Å². The maximum absolute atomic E-state index is 11.5. The van der Waals surface area contributed by atoms with E-state index in [9.17, 15) is 19.8 Å². The van der Waals surface area contributed by atoms with E-state index in [1.165, 1.54) is 0 Å². The molecule has 0 heterocycles. The number of hydrogen-bond acceptors (Lipinski definition) is 8. The monoisotopic (exact) mass is 340 g/mol. The molecule has 0 aliphatic carbocycles. The van der Waals surface area contributed by atoms with Crippen LogP contribution in [0.3, 0.4) is 0 Å². The van der Waals surface area contributed by atoms with Crippen molar-refractivity contribution >= 4 is 37.2 Å². The van der Waals surface area contributed by atoms with Crippen molar-refractivity contribution in [3.05, 3.63) is 0 Å². The summed E-state index contributed by atoms with van der Waals surface area (Å²) in [5.74, 6) is -0.974. The summed E-state index contributed by atoms with van der Waals surface area (Å²) in [5, 5.41) is 18.5. The lowest BCUT2D eigenvalue weighted by Crippen LogP contribution is -2.41. The molecule has 2 unspecified atom stereocenters. The average molecular weight is 340 g/mol. The first-order valence-electron chi connectivity index (χ1n) is 6.64. The predicted octanol–water partition coefficient (Wildman–Crippen LogP) is 0.461. The van der Waals surface area contributed by atoms with Gasteiger partial charge in [-0.15, -0.1) is 0 Å². The Balaban J connectivity index is 4.41. The molecule has 0 aromatic carbocycles. The highest BCUT2D eigenvalue weighted by molar-refractivity contribution is 7.81. The summed E-state index contributed by atoms with van der Waals surface area (Å²) >= 11 is 8.14. The largest absolute Gasteiger partial charge is 0.465 e. The Hall–Kier alpha value is -0.440. The van der Waals surface area contributed by atoms with Gasteiger partial charge in [0.1, 0.15) is 13.2 Å². The molecule has 124 valence electrons. The van der Waals surface area contributed by atoms with E-state index in [1.807, 2.05) is 0 Å². The molecule has 0 saturated heterocycles. The number of aliphatic hydroxyl groups excluding tert-OH is 2. The van der Waals surface area contributed by atoms with Gasteiger partial charge in [0.2, 0.25) is 0 Å². The summed E-state index contributed by atoms with van der Waals surface area (Å²) in [6, 6.07) is 0. The summed E-state index contributed by atoms with van der Waals surface area (Å²) in [6.07, 6.45) is 0.236. The molecule has 2 atom stereocenters. The first-order valence-corrected chi connectivity index (χ1v) is 7.67. The van der Waals surface area contributed by atoms with E-state index in [1.54, 1.807) is 13.8 Å². The Morgan fingerprint density at radius 2 is 1.29 bits per heavy atom. The van der Waals surface area contributed by atoms with Crippen molar-refractivity contribution in [3.63, 3.8) is 0 Å². The van der Waals surface area contributed by atoms with E-state index in [0.717, 1.165) is 0 Å². The number of carbonyl (C=O) groups is 2. The second kappa shape index (κ2) is 10.3. The van der Waals surface area contributed by atoms with E-state index in [4.69, 9.17) is 9.47 Å². The SMILES string of the molecule is CC(S)CC(=O)OCC(CO)(CO)COC(=O)CC(C)S. The lowest BCUT2D eigenvalue weighted by molar-refractivity contribution is -0.158. The molecule has 0 bridgehead atoms. The van der Waals surface area contributed by atoms with Crippen LogP contribution in [0.5, 0.6) is 0 Å². The molecule has 0 aliphatic rings. The van der Waals surface area contributed by atoms with Crippen LogP contribution in [0.25, 0.3) is 0 Å². The molecule has 8 heteroatoms. The highest BCUT2D eigenvalue weighted by atomic mass is 32.1. The van der Waals surface area contributed by atoms with Gasteiger partial charge in [-0.25, -0.2) is 0 Å². The van der Waals surface area contributed by atoms with Crippen LogP contribution in [-0.4, -0.2) is 59.1 Å². The van der Waals surface area contributed by atoms with Crippen LogP contribution in [0.4, 0.5) is 0 Å². The van der Waals surface area contributed by atoms with Gasteiger partial charge in [0.25, 0.3) is 0 Å². The average Bonchev–Trinajstić information content (AvgIpc) is 2.38. The van der Waals surface area contributed by atoms with Crippen molar-refractivity contribution in [2.45, 2.75) is 37.2 Å². The summed E-state index contributed by atoms with van der Waals surface area (Å²) < 4.78 is 10.00. The van der Waals surface area contributed by atoms with Gasteiger partial charge in [0.05, 0.1) is 31.5 Å². The molecule has 0 rings (SSSR count). The quantitative estimate of drug-likeness (QED) is 0.341. The van der Waals surface area contributed by atoms with E-state index < -0.39 is 30.6 Å². The number of esters is 2. The van der Waals surface area contributed by atoms with Crippen LogP contribution >= 0.6 is 25.3 Å². The summed E-state index contributed by atoms with van der Waals surface area (Å²) in [6.45, 7) is 2.08.